The van der Waals surface area contributed by atoms with Gasteiger partial charge in [-0.15, -0.1) is 0 Å². The van der Waals surface area contributed by atoms with E-state index < -0.39 is 0 Å². The molecule has 0 fully saturated rings. The van der Waals surface area contributed by atoms with E-state index in [9.17, 15) is 0 Å². The maximum absolute atomic E-state index is 5.34. The lowest BCUT2D eigenvalue weighted by Crippen LogP contribution is -2.22. The first-order valence-electron chi connectivity index (χ1n) is 5.56. The van der Waals surface area contributed by atoms with Crippen molar-refractivity contribution in [2.45, 2.75) is 39.8 Å². The van der Waals surface area contributed by atoms with E-state index in [0.717, 1.165) is 18.7 Å². The minimum Gasteiger partial charge on any atom is -0.496 e. The molecule has 0 amide bonds. The highest BCUT2D eigenvalue weighted by molar-refractivity contribution is 5.37. The van der Waals surface area contributed by atoms with Gasteiger partial charge >= 0.3 is 0 Å². The SMILES string of the molecule is CCc1ccc(OC)c(CNC(C)C)c1. The van der Waals surface area contributed by atoms with Gasteiger partial charge in [-0.05, 0) is 18.1 Å². The van der Waals surface area contributed by atoms with Crippen molar-refractivity contribution in [1.82, 2.24) is 5.32 Å². The van der Waals surface area contributed by atoms with Crippen LogP contribution in [0.25, 0.3) is 0 Å². The molecular weight excluding hydrogens is 186 g/mol. The van der Waals surface area contributed by atoms with Crippen LogP contribution >= 0.6 is 0 Å². The average Bonchev–Trinajstić information content (AvgIpc) is 2.25. The van der Waals surface area contributed by atoms with E-state index in [1.165, 1.54) is 11.1 Å². The zero-order valence-electron chi connectivity index (χ0n) is 10.1. The van der Waals surface area contributed by atoms with Crippen LogP contribution in [0.5, 0.6) is 5.75 Å². The van der Waals surface area contributed by atoms with Gasteiger partial charge in [-0.3, -0.25) is 0 Å². The second kappa shape index (κ2) is 5.76. The van der Waals surface area contributed by atoms with Gasteiger partial charge in [0.2, 0.25) is 0 Å². The molecule has 1 N–H and O–H groups in total. The summed E-state index contributed by atoms with van der Waals surface area (Å²) in [6.45, 7) is 7.34. The molecule has 0 saturated carbocycles. The van der Waals surface area contributed by atoms with Crippen LogP contribution in [0.1, 0.15) is 31.9 Å². The lowest BCUT2D eigenvalue weighted by molar-refractivity contribution is 0.406. The fraction of sp³-hybridized carbons (Fsp3) is 0.538. The molecule has 0 bridgehead atoms. The Hall–Kier alpha value is -1.02. The Kier molecular flexibility index (Phi) is 4.63. The molecule has 0 unspecified atom stereocenters. The molecule has 0 radical (unpaired) electrons. The van der Waals surface area contributed by atoms with Gasteiger partial charge in [0.05, 0.1) is 7.11 Å². The fourth-order valence-electron chi connectivity index (χ4n) is 1.50. The number of hydrogen-bond donors (Lipinski definition) is 1. The highest BCUT2D eigenvalue weighted by Crippen LogP contribution is 2.20. The van der Waals surface area contributed by atoms with Gasteiger partial charge in [0.25, 0.3) is 0 Å². The second-order valence-corrected chi connectivity index (χ2v) is 4.04. The van der Waals surface area contributed by atoms with Crippen molar-refractivity contribution in [3.05, 3.63) is 29.3 Å². The molecule has 1 rings (SSSR count). The number of hydrogen-bond acceptors (Lipinski definition) is 2. The lowest BCUT2D eigenvalue weighted by atomic mass is 10.1. The van der Waals surface area contributed by atoms with Crippen molar-refractivity contribution in [2.24, 2.45) is 0 Å². The third-order valence-corrected chi connectivity index (χ3v) is 2.45. The topological polar surface area (TPSA) is 21.3 Å². The van der Waals surface area contributed by atoms with Gasteiger partial charge in [0.1, 0.15) is 5.75 Å². The molecule has 0 aliphatic heterocycles. The van der Waals surface area contributed by atoms with Crippen LogP contribution in [0.3, 0.4) is 0 Å². The van der Waals surface area contributed by atoms with E-state index >= 15 is 0 Å². The number of aryl methyl sites for hydroxylation is 1. The smallest absolute Gasteiger partial charge is 0.123 e. The van der Waals surface area contributed by atoms with E-state index in [1.54, 1.807) is 7.11 Å². The summed E-state index contributed by atoms with van der Waals surface area (Å²) in [6.07, 6.45) is 1.07. The summed E-state index contributed by atoms with van der Waals surface area (Å²) >= 11 is 0. The maximum Gasteiger partial charge on any atom is 0.123 e. The Labute approximate surface area is 92.6 Å². The van der Waals surface area contributed by atoms with Gasteiger partial charge < -0.3 is 10.1 Å². The number of nitrogens with one attached hydrogen (secondary N) is 1. The zero-order valence-corrected chi connectivity index (χ0v) is 10.1. The van der Waals surface area contributed by atoms with E-state index in [2.05, 4.69) is 44.3 Å². The molecule has 0 aliphatic rings. The summed E-state index contributed by atoms with van der Waals surface area (Å²) in [4.78, 5) is 0. The standard InChI is InChI=1S/C13H21NO/c1-5-11-6-7-13(15-4)12(8-11)9-14-10(2)3/h6-8,10,14H,5,9H2,1-4H3. The number of methoxy groups -OCH3 is 1. The zero-order chi connectivity index (χ0) is 11.3. The molecule has 1 aromatic rings. The van der Waals surface area contributed by atoms with Crippen molar-refractivity contribution in [2.75, 3.05) is 7.11 Å². The molecule has 0 atom stereocenters. The minimum absolute atomic E-state index is 0.500. The molecule has 0 aromatic heterocycles. The number of rotatable bonds is 5. The first kappa shape index (κ1) is 12.1. The van der Waals surface area contributed by atoms with Crippen LogP contribution < -0.4 is 10.1 Å². The predicted molar refractivity (Wildman–Crippen MR) is 64.3 cm³/mol. The van der Waals surface area contributed by atoms with E-state index in [1.807, 2.05) is 0 Å². The van der Waals surface area contributed by atoms with Crippen LogP contribution in [-0.4, -0.2) is 13.2 Å². The second-order valence-electron chi connectivity index (χ2n) is 4.04. The van der Waals surface area contributed by atoms with Crippen molar-refractivity contribution in [3.8, 4) is 5.75 Å². The summed E-state index contributed by atoms with van der Waals surface area (Å²) in [5, 5.41) is 3.41. The van der Waals surface area contributed by atoms with E-state index in [-0.39, 0.29) is 0 Å². The van der Waals surface area contributed by atoms with Gasteiger partial charge in [-0.1, -0.05) is 32.9 Å². The monoisotopic (exact) mass is 207 g/mol. The first-order chi connectivity index (χ1) is 7.17. The summed E-state index contributed by atoms with van der Waals surface area (Å²) in [5.41, 5.74) is 2.60. The molecule has 2 nitrogen and oxygen atoms in total. The summed E-state index contributed by atoms with van der Waals surface area (Å²) in [7, 11) is 1.72. The summed E-state index contributed by atoms with van der Waals surface area (Å²) < 4.78 is 5.34. The minimum atomic E-state index is 0.500. The predicted octanol–water partition coefficient (Wildman–Crippen LogP) is 2.76. The number of ether oxygens (including phenoxy) is 1. The van der Waals surface area contributed by atoms with E-state index in [4.69, 9.17) is 4.74 Å². The quantitative estimate of drug-likeness (QED) is 0.801. The Morgan fingerprint density at radius 1 is 1.33 bits per heavy atom. The average molecular weight is 207 g/mol. The Morgan fingerprint density at radius 2 is 2.07 bits per heavy atom. The van der Waals surface area contributed by atoms with Crippen LogP contribution in [0, 0.1) is 0 Å². The summed E-state index contributed by atoms with van der Waals surface area (Å²) in [6, 6.07) is 6.89. The fourth-order valence-corrected chi connectivity index (χ4v) is 1.50. The molecular formula is C13H21NO. The molecule has 0 spiro atoms. The van der Waals surface area contributed by atoms with Crippen LogP contribution in [0.15, 0.2) is 18.2 Å². The van der Waals surface area contributed by atoms with Gasteiger partial charge in [0.15, 0.2) is 0 Å². The molecule has 0 aliphatic carbocycles. The first-order valence-corrected chi connectivity index (χ1v) is 5.56. The highest BCUT2D eigenvalue weighted by atomic mass is 16.5. The Bertz CT molecular complexity index is 307. The van der Waals surface area contributed by atoms with Crippen molar-refractivity contribution >= 4 is 0 Å². The Balaban J connectivity index is 2.81. The normalized spacial score (nSPS) is 10.7. The van der Waals surface area contributed by atoms with Crippen LogP contribution in [0.4, 0.5) is 0 Å². The van der Waals surface area contributed by atoms with Crippen LogP contribution in [-0.2, 0) is 13.0 Å². The highest BCUT2D eigenvalue weighted by Gasteiger charge is 2.04. The summed E-state index contributed by atoms with van der Waals surface area (Å²) in [5.74, 6) is 0.973. The molecule has 15 heavy (non-hydrogen) atoms. The molecule has 1 aromatic carbocycles. The van der Waals surface area contributed by atoms with Gasteiger partial charge in [0, 0.05) is 18.2 Å². The van der Waals surface area contributed by atoms with Crippen molar-refractivity contribution in [3.63, 3.8) is 0 Å². The van der Waals surface area contributed by atoms with Crippen molar-refractivity contribution in [1.29, 1.82) is 0 Å². The van der Waals surface area contributed by atoms with Crippen molar-refractivity contribution < 1.29 is 4.74 Å². The number of benzene rings is 1. The van der Waals surface area contributed by atoms with Gasteiger partial charge in [-0.2, -0.15) is 0 Å². The Morgan fingerprint density at radius 3 is 2.60 bits per heavy atom. The van der Waals surface area contributed by atoms with E-state index in [0.29, 0.717) is 6.04 Å². The van der Waals surface area contributed by atoms with Crippen LogP contribution in [0.2, 0.25) is 0 Å². The molecule has 0 saturated heterocycles. The third kappa shape index (κ3) is 3.56. The lowest BCUT2D eigenvalue weighted by Gasteiger charge is -2.13. The largest absolute Gasteiger partial charge is 0.496 e. The third-order valence-electron chi connectivity index (χ3n) is 2.45. The molecule has 0 heterocycles. The molecule has 2 heteroatoms. The maximum atomic E-state index is 5.34. The van der Waals surface area contributed by atoms with Gasteiger partial charge in [-0.25, -0.2) is 0 Å². The molecule has 84 valence electrons.